The summed E-state index contributed by atoms with van der Waals surface area (Å²) in [6.45, 7) is 3.53. The average molecular weight is 334 g/mol. The van der Waals surface area contributed by atoms with E-state index in [-0.39, 0.29) is 5.91 Å². The number of piperidine rings is 1. The predicted octanol–water partition coefficient (Wildman–Crippen LogP) is 3.30. The van der Waals surface area contributed by atoms with Crippen LogP contribution in [0, 0.1) is 6.92 Å². The first-order valence-corrected chi connectivity index (χ1v) is 8.76. The van der Waals surface area contributed by atoms with E-state index in [2.05, 4.69) is 14.5 Å². The molecule has 3 heterocycles. The Hall–Kier alpha value is -2.69. The summed E-state index contributed by atoms with van der Waals surface area (Å²) in [6.07, 6.45) is 5.82. The minimum absolute atomic E-state index is 0.0638. The number of benzene rings is 1. The number of likely N-dealkylation sites (tertiary alicyclic amines) is 1. The number of carbonyl (C=O) groups excluding carboxylic acids is 1. The molecule has 1 atom stereocenters. The Labute approximate surface area is 147 Å². The van der Waals surface area contributed by atoms with E-state index in [1.807, 2.05) is 55.4 Å². The van der Waals surface area contributed by atoms with E-state index in [1.165, 1.54) is 0 Å². The SMILES string of the molecule is Cc1cn(C)c(C2CCCN(C(=O)c3cnc4ccccc4c3)C2)n1. The highest BCUT2D eigenvalue weighted by atomic mass is 16.2. The van der Waals surface area contributed by atoms with Gasteiger partial charge in [-0.05, 0) is 31.9 Å². The number of fused-ring (bicyclic) bond motifs is 1. The molecular weight excluding hydrogens is 312 g/mol. The van der Waals surface area contributed by atoms with Gasteiger partial charge >= 0.3 is 0 Å². The Morgan fingerprint density at radius 2 is 2.12 bits per heavy atom. The molecule has 4 rings (SSSR count). The maximum absolute atomic E-state index is 13.0. The van der Waals surface area contributed by atoms with Crippen LogP contribution in [0.4, 0.5) is 0 Å². The lowest BCUT2D eigenvalue weighted by molar-refractivity contribution is 0.0703. The third-order valence-electron chi connectivity index (χ3n) is 4.94. The van der Waals surface area contributed by atoms with Crippen LogP contribution >= 0.6 is 0 Å². The van der Waals surface area contributed by atoms with Gasteiger partial charge in [-0.3, -0.25) is 9.78 Å². The summed E-state index contributed by atoms with van der Waals surface area (Å²) in [6, 6.07) is 9.83. The van der Waals surface area contributed by atoms with Crippen molar-refractivity contribution < 1.29 is 4.79 Å². The van der Waals surface area contributed by atoms with Crippen molar-refractivity contribution in [2.24, 2.45) is 7.05 Å². The van der Waals surface area contributed by atoms with E-state index in [0.717, 1.165) is 48.4 Å². The molecule has 2 aromatic heterocycles. The summed E-state index contributed by atoms with van der Waals surface area (Å²) >= 11 is 0. The lowest BCUT2D eigenvalue weighted by Crippen LogP contribution is -2.39. The van der Waals surface area contributed by atoms with E-state index in [9.17, 15) is 4.79 Å². The second kappa shape index (κ2) is 6.31. The molecule has 0 bridgehead atoms. The number of hydrogen-bond acceptors (Lipinski definition) is 3. The second-order valence-corrected chi connectivity index (χ2v) is 6.86. The molecule has 5 heteroatoms. The van der Waals surface area contributed by atoms with Gasteiger partial charge in [0.05, 0.1) is 16.8 Å². The fraction of sp³-hybridized carbons (Fsp3) is 0.350. The molecule has 1 aliphatic rings. The lowest BCUT2D eigenvalue weighted by Gasteiger charge is -2.32. The van der Waals surface area contributed by atoms with Crippen molar-refractivity contribution in [3.05, 3.63) is 59.8 Å². The van der Waals surface area contributed by atoms with Gasteiger partial charge in [-0.2, -0.15) is 0 Å². The van der Waals surface area contributed by atoms with Crippen molar-refractivity contribution in [2.45, 2.75) is 25.7 Å². The zero-order valence-electron chi connectivity index (χ0n) is 14.6. The molecule has 5 nitrogen and oxygen atoms in total. The average Bonchev–Trinajstić information content (AvgIpc) is 2.99. The van der Waals surface area contributed by atoms with Crippen LogP contribution in [0.1, 0.15) is 40.6 Å². The fourth-order valence-electron chi connectivity index (χ4n) is 3.76. The third kappa shape index (κ3) is 3.02. The molecule has 3 aromatic rings. The first-order chi connectivity index (χ1) is 12.1. The molecule has 1 aromatic carbocycles. The summed E-state index contributed by atoms with van der Waals surface area (Å²) < 4.78 is 2.09. The smallest absolute Gasteiger partial charge is 0.255 e. The van der Waals surface area contributed by atoms with E-state index in [4.69, 9.17) is 0 Å². The van der Waals surface area contributed by atoms with Gasteiger partial charge < -0.3 is 9.47 Å². The molecule has 0 N–H and O–H groups in total. The fourth-order valence-corrected chi connectivity index (χ4v) is 3.76. The van der Waals surface area contributed by atoms with Gasteiger partial charge in [0.1, 0.15) is 5.82 Å². The largest absolute Gasteiger partial charge is 0.338 e. The van der Waals surface area contributed by atoms with Gasteiger partial charge in [-0.1, -0.05) is 18.2 Å². The maximum atomic E-state index is 13.0. The summed E-state index contributed by atoms with van der Waals surface area (Å²) in [7, 11) is 2.03. The zero-order chi connectivity index (χ0) is 17.4. The zero-order valence-corrected chi connectivity index (χ0v) is 14.6. The number of aryl methyl sites for hydroxylation is 2. The van der Waals surface area contributed by atoms with E-state index < -0.39 is 0 Å². The quantitative estimate of drug-likeness (QED) is 0.722. The van der Waals surface area contributed by atoms with Gasteiger partial charge in [0.25, 0.3) is 5.91 Å². The summed E-state index contributed by atoms with van der Waals surface area (Å²) in [4.78, 5) is 24.0. The number of nitrogens with zero attached hydrogens (tertiary/aromatic N) is 4. The van der Waals surface area contributed by atoms with Crippen LogP contribution in [0.2, 0.25) is 0 Å². The Bertz CT molecular complexity index is 930. The molecule has 1 unspecified atom stereocenters. The topological polar surface area (TPSA) is 51.0 Å². The molecule has 0 aliphatic carbocycles. The van der Waals surface area contributed by atoms with Crippen LogP contribution < -0.4 is 0 Å². The van der Waals surface area contributed by atoms with Crippen LogP contribution in [-0.2, 0) is 7.05 Å². The van der Waals surface area contributed by atoms with E-state index in [0.29, 0.717) is 11.5 Å². The number of hydrogen-bond donors (Lipinski definition) is 0. The monoisotopic (exact) mass is 334 g/mol. The van der Waals surface area contributed by atoms with Crippen molar-refractivity contribution >= 4 is 16.8 Å². The Morgan fingerprint density at radius 1 is 1.28 bits per heavy atom. The Kier molecular flexibility index (Phi) is 3.99. The Morgan fingerprint density at radius 3 is 2.92 bits per heavy atom. The highest BCUT2D eigenvalue weighted by Crippen LogP contribution is 2.27. The minimum atomic E-state index is 0.0638. The molecule has 128 valence electrons. The second-order valence-electron chi connectivity index (χ2n) is 6.86. The van der Waals surface area contributed by atoms with Crippen LogP contribution in [0.5, 0.6) is 0 Å². The first-order valence-electron chi connectivity index (χ1n) is 8.76. The normalized spacial score (nSPS) is 17.8. The maximum Gasteiger partial charge on any atom is 0.255 e. The Balaban J connectivity index is 1.57. The first kappa shape index (κ1) is 15.8. The van der Waals surface area contributed by atoms with Crippen molar-refractivity contribution in [3.8, 4) is 0 Å². The highest BCUT2D eigenvalue weighted by molar-refractivity contribution is 5.97. The van der Waals surface area contributed by atoms with Crippen molar-refractivity contribution in [1.29, 1.82) is 0 Å². The van der Waals surface area contributed by atoms with Crippen LogP contribution in [0.25, 0.3) is 10.9 Å². The molecule has 0 spiro atoms. The highest BCUT2D eigenvalue weighted by Gasteiger charge is 2.28. The molecule has 1 amide bonds. The van der Waals surface area contributed by atoms with Crippen molar-refractivity contribution in [3.63, 3.8) is 0 Å². The van der Waals surface area contributed by atoms with Gasteiger partial charge in [-0.25, -0.2) is 4.98 Å². The number of pyridine rings is 1. The van der Waals surface area contributed by atoms with Gasteiger partial charge in [0.2, 0.25) is 0 Å². The number of imidazole rings is 1. The van der Waals surface area contributed by atoms with Crippen LogP contribution in [0.3, 0.4) is 0 Å². The van der Waals surface area contributed by atoms with Crippen LogP contribution in [0.15, 0.2) is 42.7 Å². The third-order valence-corrected chi connectivity index (χ3v) is 4.94. The molecule has 0 saturated carbocycles. The van der Waals surface area contributed by atoms with Gasteiger partial charge in [0, 0.05) is 43.8 Å². The standard InChI is InChI=1S/C20H22N4O/c1-14-12-23(2)19(22-14)16-7-5-9-24(13-16)20(25)17-10-15-6-3-4-8-18(15)21-11-17/h3-4,6,8,10-12,16H,5,7,9,13H2,1-2H3. The number of para-hydroxylation sites is 1. The number of carbonyl (C=O) groups is 1. The number of amides is 1. The van der Waals surface area contributed by atoms with Crippen molar-refractivity contribution in [1.82, 2.24) is 19.4 Å². The molecule has 1 aliphatic heterocycles. The molecule has 1 fully saturated rings. The molecule has 0 radical (unpaired) electrons. The van der Waals surface area contributed by atoms with E-state index >= 15 is 0 Å². The van der Waals surface area contributed by atoms with E-state index in [1.54, 1.807) is 6.20 Å². The van der Waals surface area contributed by atoms with Crippen LogP contribution in [-0.4, -0.2) is 38.4 Å². The predicted molar refractivity (Wildman–Crippen MR) is 97.6 cm³/mol. The summed E-state index contributed by atoms with van der Waals surface area (Å²) in [5.74, 6) is 1.44. The lowest BCUT2D eigenvalue weighted by atomic mass is 9.96. The molecule has 1 saturated heterocycles. The summed E-state index contributed by atoms with van der Waals surface area (Å²) in [5, 5.41) is 1.00. The number of aromatic nitrogens is 3. The molecular formula is C20H22N4O. The van der Waals surface area contributed by atoms with Gasteiger partial charge in [0.15, 0.2) is 0 Å². The minimum Gasteiger partial charge on any atom is -0.338 e. The summed E-state index contributed by atoms with van der Waals surface area (Å²) in [5.41, 5.74) is 2.61. The molecule has 25 heavy (non-hydrogen) atoms. The van der Waals surface area contributed by atoms with Gasteiger partial charge in [-0.15, -0.1) is 0 Å². The van der Waals surface area contributed by atoms with Crippen molar-refractivity contribution in [2.75, 3.05) is 13.1 Å². The number of rotatable bonds is 2.